The molecule has 29 heavy (non-hydrogen) atoms. The minimum Gasteiger partial charge on any atom is -0.464 e. The molecule has 148 valence electrons. The van der Waals surface area contributed by atoms with Crippen LogP contribution in [0, 0.1) is 5.82 Å². The summed E-state index contributed by atoms with van der Waals surface area (Å²) in [5.74, 6) is -1.99. The number of benzene rings is 2. The molecular weight excluding hydrogens is 516 g/mol. The Labute approximate surface area is 184 Å². The summed E-state index contributed by atoms with van der Waals surface area (Å²) in [4.78, 5) is 19.6. The second-order valence-electron chi connectivity index (χ2n) is 5.35. The van der Waals surface area contributed by atoms with Gasteiger partial charge in [0.05, 0.1) is 40.6 Å². The van der Waals surface area contributed by atoms with E-state index in [9.17, 15) is 9.18 Å². The molecule has 0 bridgehead atoms. The fourth-order valence-electron chi connectivity index (χ4n) is 2.25. The fourth-order valence-corrected chi connectivity index (χ4v) is 2.89. The highest BCUT2D eigenvalue weighted by Gasteiger charge is 2.22. The van der Waals surface area contributed by atoms with Crippen LogP contribution in [-0.4, -0.2) is 28.8 Å². The van der Waals surface area contributed by atoms with Gasteiger partial charge in [-0.05, 0) is 24.3 Å². The zero-order chi connectivity index (χ0) is 20.8. The maximum absolute atomic E-state index is 14.9. The van der Waals surface area contributed by atoms with Crippen LogP contribution in [0.2, 0.25) is 5.02 Å². The van der Waals surface area contributed by atoms with Crippen LogP contribution in [0.3, 0.4) is 0 Å². The molecule has 0 aliphatic carbocycles. The standard InChI is InChI=1S/C19H12ClFIN3O4/c1-27-19(26)16(25-22)11-6-2-4-8-13(11)28-17-15(21)18(24-10-23-17)29-14-9-5-3-7-12(14)20/h2-10H,1H3/b25-16+. The van der Waals surface area contributed by atoms with E-state index in [0.717, 1.165) is 6.33 Å². The molecule has 0 saturated carbocycles. The van der Waals surface area contributed by atoms with Crippen molar-refractivity contribution in [2.24, 2.45) is 3.21 Å². The van der Waals surface area contributed by atoms with Gasteiger partial charge in [0.15, 0.2) is 5.71 Å². The van der Waals surface area contributed by atoms with Gasteiger partial charge in [-0.2, -0.15) is 14.4 Å². The molecule has 3 rings (SSSR count). The molecule has 0 radical (unpaired) electrons. The first kappa shape index (κ1) is 20.9. The van der Waals surface area contributed by atoms with Gasteiger partial charge >= 0.3 is 5.97 Å². The smallest absolute Gasteiger partial charge is 0.357 e. The number of para-hydroxylation sites is 2. The zero-order valence-electron chi connectivity index (χ0n) is 14.8. The largest absolute Gasteiger partial charge is 0.464 e. The van der Waals surface area contributed by atoms with Crippen LogP contribution in [0.4, 0.5) is 4.39 Å². The lowest BCUT2D eigenvalue weighted by atomic mass is 10.1. The summed E-state index contributed by atoms with van der Waals surface area (Å²) in [6.07, 6.45) is 1.08. The molecule has 1 aromatic heterocycles. The Balaban J connectivity index is 1.94. The molecule has 0 aliphatic heterocycles. The predicted octanol–water partition coefficient (Wildman–Crippen LogP) is 5.17. The summed E-state index contributed by atoms with van der Waals surface area (Å²) in [5, 5.41) is 0.291. The van der Waals surface area contributed by atoms with Crippen LogP contribution in [0.5, 0.6) is 23.3 Å². The number of halogens is 3. The number of esters is 1. The Hall–Kier alpha value is -2.79. The zero-order valence-corrected chi connectivity index (χ0v) is 17.7. The molecule has 10 heteroatoms. The average Bonchev–Trinajstić information content (AvgIpc) is 2.74. The predicted molar refractivity (Wildman–Crippen MR) is 113 cm³/mol. The average molecular weight is 528 g/mol. The van der Waals surface area contributed by atoms with Gasteiger partial charge in [0.2, 0.25) is 5.82 Å². The van der Waals surface area contributed by atoms with E-state index < -0.39 is 17.7 Å². The summed E-state index contributed by atoms with van der Waals surface area (Å²) in [6, 6.07) is 13.0. The minimum atomic E-state index is -0.937. The number of aromatic nitrogens is 2. The van der Waals surface area contributed by atoms with Gasteiger partial charge in [-0.1, -0.05) is 35.9 Å². The van der Waals surface area contributed by atoms with E-state index in [2.05, 4.69) is 13.2 Å². The lowest BCUT2D eigenvalue weighted by Crippen LogP contribution is -2.17. The maximum Gasteiger partial charge on any atom is 0.357 e. The summed E-state index contributed by atoms with van der Waals surface area (Å²) >= 11 is 7.70. The molecular formula is C19H12ClFIN3O4. The van der Waals surface area contributed by atoms with Gasteiger partial charge < -0.3 is 14.2 Å². The Morgan fingerprint density at radius 1 is 1.03 bits per heavy atom. The molecule has 0 saturated heterocycles. The van der Waals surface area contributed by atoms with Crippen molar-refractivity contribution < 1.29 is 23.4 Å². The van der Waals surface area contributed by atoms with E-state index in [-0.39, 0.29) is 23.1 Å². The first-order valence-corrected chi connectivity index (χ1v) is 9.36. The van der Waals surface area contributed by atoms with Crippen molar-refractivity contribution in [3.63, 3.8) is 0 Å². The maximum atomic E-state index is 14.9. The molecule has 0 fully saturated rings. The second-order valence-corrected chi connectivity index (χ2v) is 6.24. The van der Waals surface area contributed by atoms with Crippen LogP contribution in [0.15, 0.2) is 58.1 Å². The lowest BCUT2D eigenvalue weighted by Gasteiger charge is -2.12. The molecule has 0 amide bonds. The number of hydrogen-bond acceptors (Lipinski definition) is 7. The van der Waals surface area contributed by atoms with E-state index in [4.69, 9.17) is 25.8 Å². The second kappa shape index (κ2) is 9.61. The summed E-state index contributed by atoms with van der Waals surface area (Å²) in [6.45, 7) is 0. The van der Waals surface area contributed by atoms with Crippen molar-refractivity contribution in [3.8, 4) is 23.3 Å². The van der Waals surface area contributed by atoms with Gasteiger partial charge in [0, 0.05) is 0 Å². The van der Waals surface area contributed by atoms with Crippen LogP contribution in [0.1, 0.15) is 5.56 Å². The van der Waals surface area contributed by atoms with Crippen molar-refractivity contribution in [3.05, 3.63) is 71.3 Å². The van der Waals surface area contributed by atoms with Gasteiger partial charge in [-0.15, -0.1) is 0 Å². The van der Waals surface area contributed by atoms with E-state index in [1.54, 1.807) is 65.3 Å². The molecule has 0 N–H and O–H groups in total. The van der Waals surface area contributed by atoms with Crippen molar-refractivity contribution in [2.75, 3.05) is 7.11 Å². The molecule has 0 unspecified atom stereocenters. The van der Waals surface area contributed by atoms with Gasteiger partial charge in [-0.25, -0.2) is 8.00 Å². The quantitative estimate of drug-likeness (QED) is 0.250. The Morgan fingerprint density at radius 2 is 1.62 bits per heavy atom. The van der Waals surface area contributed by atoms with Crippen LogP contribution in [-0.2, 0) is 9.53 Å². The first-order chi connectivity index (χ1) is 14.0. The van der Waals surface area contributed by atoms with Crippen molar-refractivity contribution in [2.45, 2.75) is 0 Å². The van der Waals surface area contributed by atoms with Gasteiger partial charge in [0.25, 0.3) is 11.8 Å². The normalized spacial score (nSPS) is 11.1. The number of carbonyl (C=O) groups excluding carboxylic acids is 1. The summed E-state index contributed by atoms with van der Waals surface area (Å²) < 4.78 is 34.5. The third kappa shape index (κ3) is 4.80. The third-order valence-corrected chi connectivity index (χ3v) is 4.38. The molecule has 0 atom stereocenters. The van der Waals surface area contributed by atoms with E-state index in [0.29, 0.717) is 10.6 Å². The summed E-state index contributed by atoms with van der Waals surface area (Å²) in [5.41, 5.74) is 0.311. The van der Waals surface area contributed by atoms with Crippen molar-refractivity contribution in [1.29, 1.82) is 0 Å². The van der Waals surface area contributed by atoms with E-state index in [1.165, 1.54) is 13.2 Å². The van der Waals surface area contributed by atoms with Crippen LogP contribution < -0.4 is 9.47 Å². The highest BCUT2D eigenvalue weighted by atomic mass is 127. The Bertz CT molecular complexity index is 1080. The highest BCUT2D eigenvalue weighted by molar-refractivity contribution is 14.1. The Morgan fingerprint density at radius 3 is 2.24 bits per heavy atom. The number of carbonyl (C=O) groups is 1. The van der Waals surface area contributed by atoms with Crippen molar-refractivity contribution >= 4 is 46.1 Å². The molecule has 1 heterocycles. The Kier molecular flexibility index (Phi) is 6.94. The SMILES string of the molecule is COC(=O)/C(=N/I)c1ccccc1Oc1ncnc(Oc2ccccc2Cl)c1F. The number of rotatable bonds is 6. The lowest BCUT2D eigenvalue weighted by molar-refractivity contribution is -0.132. The van der Waals surface area contributed by atoms with E-state index >= 15 is 0 Å². The number of methoxy groups -OCH3 is 1. The number of ether oxygens (including phenoxy) is 3. The minimum absolute atomic E-state index is 0.00528. The summed E-state index contributed by atoms with van der Waals surface area (Å²) in [7, 11) is 1.23. The molecule has 3 aromatic rings. The highest BCUT2D eigenvalue weighted by Crippen LogP contribution is 2.33. The fraction of sp³-hybridized carbons (Fsp3) is 0.0526. The molecule has 7 nitrogen and oxygen atoms in total. The number of nitrogens with zero attached hydrogens (tertiary/aromatic N) is 3. The van der Waals surface area contributed by atoms with Gasteiger partial charge in [0.1, 0.15) is 17.8 Å². The molecule has 2 aromatic carbocycles. The topological polar surface area (TPSA) is 82.9 Å². The molecule has 0 spiro atoms. The van der Waals surface area contributed by atoms with Crippen molar-refractivity contribution in [1.82, 2.24) is 9.97 Å². The van der Waals surface area contributed by atoms with Crippen LogP contribution >= 0.6 is 34.5 Å². The van der Waals surface area contributed by atoms with E-state index in [1.807, 2.05) is 0 Å². The first-order valence-electron chi connectivity index (χ1n) is 8.02. The third-order valence-electron chi connectivity index (χ3n) is 3.58. The molecule has 0 aliphatic rings. The number of hydrogen-bond donors (Lipinski definition) is 0. The van der Waals surface area contributed by atoms with Crippen LogP contribution in [0.25, 0.3) is 0 Å². The van der Waals surface area contributed by atoms with Gasteiger partial charge in [-0.3, -0.25) is 0 Å². The monoisotopic (exact) mass is 527 g/mol.